The topological polar surface area (TPSA) is 125 Å². The number of rotatable bonds is 11. The van der Waals surface area contributed by atoms with Crippen molar-refractivity contribution < 1.29 is 9.59 Å². The highest BCUT2D eigenvalue weighted by atomic mass is 35.5. The van der Waals surface area contributed by atoms with Gasteiger partial charge in [-0.05, 0) is 55.4 Å². The van der Waals surface area contributed by atoms with Crippen LogP contribution in [0.4, 0.5) is 22.0 Å². The van der Waals surface area contributed by atoms with Crippen LogP contribution in [0.5, 0.6) is 0 Å². The minimum absolute atomic E-state index is 0.00915. The van der Waals surface area contributed by atoms with Crippen LogP contribution in [-0.2, 0) is 11.2 Å². The highest BCUT2D eigenvalue weighted by Gasteiger charge is 2.19. The summed E-state index contributed by atoms with van der Waals surface area (Å²) in [4.78, 5) is 37.7. The van der Waals surface area contributed by atoms with Crippen molar-refractivity contribution in [2.24, 2.45) is 0 Å². The van der Waals surface area contributed by atoms with Gasteiger partial charge in [0.05, 0.1) is 5.39 Å². The molecule has 0 bridgehead atoms. The average molecular weight is 566 g/mol. The normalized spacial score (nSPS) is 11.1. The molecule has 0 fully saturated rings. The van der Waals surface area contributed by atoms with Gasteiger partial charge >= 0.3 is 6.03 Å². The second-order valence-corrected chi connectivity index (χ2v) is 10.4. The monoisotopic (exact) mass is 565 g/mol. The van der Waals surface area contributed by atoms with E-state index in [4.69, 9.17) is 17.3 Å². The van der Waals surface area contributed by atoms with E-state index >= 15 is 0 Å². The molecule has 0 aliphatic heterocycles. The third-order valence-electron chi connectivity index (χ3n) is 6.33. The van der Waals surface area contributed by atoms with Crippen LogP contribution < -0.4 is 21.7 Å². The fourth-order valence-corrected chi connectivity index (χ4v) is 5.63. The number of halogens is 1. The maximum absolute atomic E-state index is 12.6. The second-order valence-electron chi connectivity index (χ2n) is 8.88. The van der Waals surface area contributed by atoms with E-state index in [1.807, 2.05) is 24.3 Å². The molecule has 2 heterocycles. The van der Waals surface area contributed by atoms with Crippen LogP contribution in [-0.4, -0.2) is 53.0 Å². The number of nitrogens with two attached hydrogens (primary N) is 1. The number of carbonyl (C=O) groups is 2. The van der Waals surface area contributed by atoms with Gasteiger partial charge in [-0.1, -0.05) is 43.6 Å². The minimum Gasteiger partial charge on any atom is -0.383 e. The molecule has 204 valence electrons. The Kier molecular flexibility index (Phi) is 9.69. The summed E-state index contributed by atoms with van der Waals surface area (Å²) in [6.45, 7) is 7.60. The number of carbonyl (C=O) groups excluding carboxylic acids is 2. The van der Waals surface area contributed by atoms with Crippen molar-refractivity contribution in [2.45, 2.75) is 26.7 Å². The number of anilines is 3. The van der Waals surface area contributed by atoms with Crippen molar-refractivity contribution in [3.05, 3.63) is 64.8 Å². The Morgan fingerprint density at radius 3 is 2.49 bits per heavy atom. The molecule has 0 radical (unpaired) electrons. The number of nitrogens with one attached hydrogen (secondary N) is 3. The number of urea groups is 1. The molecule has 4 rings (SSSR count). The first-order valence-corrected chi connectivity index (χ1v) is 14.0. The minimum atomic E-state index is -0.378. The van der Waals surface area contributed by atoms with Crippen LogP contribution >= 0.6 is 22.9 Å². The second kappa shape index (κ2) is 13.4. The van der Waals surface area contributed by atoms with E-state index in [1.165, 1.54) is 17.7 Å². The van der Waals surface area contributed by atoms with Crippen LogP contribution in [0.2, 0.25) is 5.02 Å². The number of hydrogen-bond donors (Lipinski definition) is 4. The molecule has 11 heteroatoms. The van der Waals surface area contributed by atoms with Gasteiger partial charge in [0.1, 0.15) is 17.0 Å². The summed E-state index contributed by atoms with van der Waals surface area (Å²) < 4.78 is 0. The molecular formula is C28H32ClN7O2S. The Labute approximate surface area is 236 Å². The highest BCUT2D eigenvalue weighted by Crippen LogP contribution is 2.41. The summed E-state index contributed by atoms with van der Waals surface area (Å²) >= 11 is 7.51. The summed E-state index contributed by atoms with van der Waals surface area (Å²) in [6, 6.07) is 14.0. The molecular weight excluding hydrogens is 534 g/mol. The van der Waals surface area contributed by atoms with Gasteiger partial charge in [0.2, 0.25) is 5.91 Å². The van der Waals surface area contributed by atoms with E-state index in [0.717, 1.165) is 45.9 Å². The molecule has 4 aromatic rings. The Morgan fingerprint density at radius 1 is 1.03 bits per heavy atom. The maximum atomic E-state index is 12.6. The Hall–Kier alpha value is -3.73. The van der Waals surface area contributed by atoms with Crippen molar-refractivity contribution in [2.75, 3.05) is 42.5 Å². The van der Waals surface area contributed by atoms with Crippen molar-refractivity contribution in [1.29, 1.82) is 0 Å². The molecule has 5 N–H and O–H groups in total. The average Bonchev–Trinajstić information content (AvgIpc) is 3.30. The SMILES string of the molecule is CCN(CC)CCNC(=O)CCc1sc2ncnc(N)c2c1-c1ccc(NC(=O)Nc2cccc(Cl)c2)cc1. The predicted molar refractivity (Wildman–Crippen MR) is 160 cm³/mol. The number of nitrogens with zero attached hydrogens (tertiary/aromatic N) is 3. The maximum Gasteiger partial charge on any atom is 0.323 e. The molecule has 0 spiro atoms. The predicted octanol–water partition coefficient (Wildman–Crippen LogP) is 5.63. The number of aryl methyl sites for hydroxylation is 1. The number of aromatic nitrogens is 2. The van der Waals surface area contributed by atoms with Crippen LogP contribution in [0.1, 0.15) is 25.1 Å². The number of hydrogen-bond acceptors (Lipinski definition) is 7. The lowest BCUT2D eigenvalue weighted by Crippen LogP contribution is -2.34. The molecule has 0 aliphatic rings. The van der Waals surface area contributed by atoms with Crippen LogP contribution in [0.3, 0.4) is 0 Å². The zero-order chi connectivity index (χ0) is 27.8. The van der Waals surface area contributed by atoms with E-state index in [2.05, 4.69) is 44.7 Å². The third-order valence-corrected chi connectivity index (χ3v) is 7.72. The van der Waals surface area contributed by atoms with Gasteiger partial charge in [-0.2, -0.15) is 0 Å². The first-order chi connectivity index (χ1) is 18.9. The molecule has 0 atom stereocenters. The highest BCUT2D eigenvalue weighted by molar-refractivity contribution is 7.19. The molecule has 0 saturated carbocycles. The smallest absolute Gasteiger partial charge is 0.323 e. The van der Waals surface area contributed by atoms with E-state index in [9.17, 15) is 9.59 Å². The van der Waals surface area contributed by atoms with Crippen molar-refractivity contribution >= 4 is 62.3 Å². The molecule has 0 aliphatic carbocycles. The largest absolute Gasteiger partial charge is 0.383 e. The van der Waals surface area contributed by atoms with Crippen LogP contribution in [0.15, 0.2) is 54.9 Å². The van der Waals surface area contributed by atoms with E-state index < -0.39 is 0 Å². The van der Waals surface area contributed by atoms with Crippen LogP contribution in [0.25, 0.3) is 21.3 Å². The molecule has 39 heavy (non-hydrogen) atoms. The lowest BCUT2D eigenvalue weighted by molar-refractivity contribution is -0.121. The molecule has 9 nitrogen and oxygen atoms in total. The van der Waals surface area contributed by atoms with Gasteiger partial charge < -0.3 is 26.6 Å². The fourth-order valence-electron chi connectivity index (χ4n) is 4.27. The van der Waals surface area contributed by atoms with E-state index in [-0.39, 0.29) is 11.9 Å². The summed E-state index contributed by atoms with van der Waals surface area (Å²) in [6.07, 6.45) is 2.36. The number of thiophene rings is 1. The van der Waals surface area contributed by atoms with Gasteiger partial charge in [0, 0.05) is 46.3 Å². The molecule has 0 unspecified atom stereocenters. The lowest BCUT2D eigenvalue weighted by atomic mass is 10.0. The number of fused-ring (bicyclic) bond motifs is 1. The van der Waals surface area contributed by atoms with Crippen LogP contribution in [0, 0.1) is 0 Å². The van der Waals surface area contributed by atoms with Crippen molar-refractivity contribution in [3.8, 4) is 11.1 Å². The molecule has 2 aromatic carbocycles. The summed E-state index contributed by atoms with van der Waals surface area (Å²) in [5, 5.41) is 9.92. The summed E-state index contributed by atoms with van der Waals surface area (Å²) in [5.74, 6) is 0.402. The Morgan fingerprint density at radius 2 is 1.77 bits per heavy atom. The number of likely N-dealkylation sites (N-methyl/N-ethyl adjacent to an activating group) is 1. The number of nitrogen functional groups attached to an aromatic ring is 1. The van der Waals surface area contributed by atoms with Gasteiger partial charge in [0.15, 0.2) is 0 Å². The molecule has 3 amide bonds. The molecule has 2 aromatic heterocycles. The lowest BCUT2D eigenvalue weighted by Gasteiger charge is -2.17. The zero-order valence-electron chi connectivity index (χ0n) is 22.0. The van der Waals surface area contributed by atoms with Gasteiger partial charge in [-0.15, -0.1) is 11.3 Å². The van der Waals surface area contributed by atoms with Gasteiger partial charge in [-0.3, -0.25) is 4.79 Å². The zero-order valence-corrected chi connectivity index (χ0v) is 23.5. The van der Waals surface area contributed by atoms with Crippen molar-refractivity contribution in [1.82, 2.24) is 20.2 Å². The fraction of sp³-hybridized carbons (Fsp3) is 0.286. The standard InChI is InChI=1S/C28H32ClN7O2S/c1-3-36(4-2)15-14-31-23(37)13-12-22-24(25-26(30)32-17-33-27(25)39-22)18-8-10-20(11-9-18)34-28(38)35-21-7-5-6-19(29)16-21/h5-11,16-17H,3-4,12-15H2,1-2H3,(H,31,37)(H2,30,32,33)(H2,34,35,38). The first kappa shape index (κ1) is 28.3. The van der Waals surface area contributed by atoms with E-state index in [1.54, 1.807) is 24.3 Å². The third kappa shape index (κ3) is 7.44. The Bertz CT molecular complexity index is 1440. The van der Waals surface area contributed by atoms with E-state index in [0.29, 0.717) is 41.6 Å². The first-order valence-electron chi connectivity index (χ1n) is 12.8. The van der Waals surface area contributed by atoms with Gasteiger partial charge in [-0.25, -0.2) is 14.8 Å². The quantitative estimate of drug-likeness (QED) is 0.187. The molecule has 0 saturated heterocycles. The van der Waals surface area contributed by atoms with Gasteiger partial charge in [0.25, 0.3) is 0 Å². The number of benzene rings is 2. The Balaban J connectivity index is 1.47. The summed E-state index contributed by atoms with van der Waals surface area (Å²) in [5.41, 5.74) is 9.30. The number of amides is 3. The van der Waals surface area contributed by atoms with Crippen molar-refractivity contribution in [3.63, 3.8) is 0 Å². The summed E-state index contributed by atoms with van der Waals surface area (Å²) in [7, 11) is 0.